The summed E-state index contributed by atoms with van der Waals surface area (Å²) in [7, 11) is 4.88. The summed E-state index contributed by atoms with van der Waals surface area (Å²) in [6, 6.07) is 0. The maximum Gasteiger partial charge on any atom is 0.310 e. The number of carbonyl (C=O) groups is 1. The van der Waals surface area contributed by atoms with Crippen LogP contribution < -0.4 is 5.32 Å². The van der Waals surface area contributed by atoms with Crippen LogP contribution in [0.4, 0.5) is 0 Å². The first-order valence-electron chi connectivity index (χ1n) is 8.24. The molecule has 1 aliphatic rings. The number of nitrogens with one attached hydrogen (secondary N) is 1. The Morgan fingerprint density at radius 1 is 1.21 bits per heavy atom. The summed E-state index contributed by atoms with van der Waals surface area (Å²) in [5, 5.41) is 3.36. The Hall–Kier alpha value is -0.610. The van der Waals surface area contributed by atoms with Crippen molar-refractivity contribution in [3.63, 3.8) is 0 Å². The molecule has 0 amide bonds. The van der Waals surface area contributed by atoms with Crippen molar-refractivity contribution in [3.05, 3.63) is 0 Å². The van der Waals surface area contributed by atoms with E-state index in [1.54, 1.807) is 14.2 Å². The zero-order valence-corrected chi connectivity index (χ0v) is 17.6. The summed E-state index contributed by atoms with van der Waals surface area (Å²) in [5.74, 6) is 0.912. The molecule has 1 saturated heterocycles. The lowest BCUT2D eigenvalue weighted by molar-refractivity contribution is -0.145. The third kappa shape index (κ3) is 7.98. The number of ether oxygens (including phenoxy) is 3. The molecule has 24 heavy (non-hydrogen) atoms. The molecule has 0 aromatic rings. The Balaban J connectivity index is 0.00000529. The fourth-order valence-electron chi connectivity index (χ4n) is 2.70. The van der Waals surface area contributed by atoms with Gasteiger partial charge < -0.3 is 24.4 Å². The fraction of sp³-hybridized carbons (Fsp3) is 0.875. The van der Waals surface area contributed by atoms with Crippen LogP contribution in [0.3, 0.4) is 0 Å². The molecule has 1 N–H and O–H groups in total. The lowest BCUT2D eigenvalue weighted by atomic mass is 9.99. The monoisotopic (exact) mass is 457 g/mol. The van der Waals surface area contributed by atoms with Gasteiger partial charge in [-0.15, -0.1) is 24.0 Å². The lowest BCUT2D eigenvalue weighted by Gasteiger charge is -2.21. The van der Waals surface area contributed by atoms with E-state index in [-0.39, 0.29) is 41.8 Å². The summed E-state index contributed by atoms with van der Waals surface area (Å²) in [6.07, 6.45) is 2.00. The minimum Gasteiger partial charge on any atom is -0.469 e. The molecule has 0 aromatic heterocycles. The number of nitrogens with zero attached hydrogens (tertiary/aromatic N) is 2. The molecule has 8 heteroatoms. The number of unbranched alkanes of at least 4 members (excludes halogenated alkanes) is 1. The van der Waals surface area contributed by atoms with Gasteiger partial charge in [-0.1, -0.05) is 6.92 Å². The SMILES string of the molecule is CN=C(NCCCCOCCOC)N1CC(C)C(C(=O)OC)C1.I. The molecule has 1 rings (SSSR count). The number of esters is 1. The van der Waals surface area contributed by atoms with Crippen molar-refractivity contribution >= 4 is 35.9 Å². The molecule has 0 radical (unpaired) electrons. The lowest BCUT2D eigenvalue weighted by Crippen LogP contribution is -2.41. The molecular weight excluding hydrogens is 425 g/mol. The van der Waals surface area contributed by atoms with Crippen LogP contribution in [0.25, 0.3) is 0 Å². The normalized spacial score (nSPS) is 20.7. The second-order valence-corrected chi connectivity index (χ2v) is 5.80. The van der Waals surface area contributed by atoms with E-state index in [1.807, 2.05) is 0 Å². The Kier molecular flexibility index (Phi) is 13.3. The molecule has 0 aromatic carbocycles. The number of methoxy groups -OCH3 is 2. The topological polar surface area (TPSA) is 72.4 Å². The largest absolute Gasteiger partial charge is 0.469 e. The molecular formula is C16H32IN3O4. The summed E-state index contributed by atoms with van der Waals surface area (Å²) >= 11 is 0. The number of guanidine groups is 1. The Morgan fingerprint density at radius 3 is 2.58 bits per heavy atom. The van der Waals surface area contributed by atoms with Crippen LogP contribution in [0.2, 0.25) is 0 Å². The summed E-state index contributed by atoms with van der Waals surface area (Å²) in [5.41, 5.74) is 0. The first kappa shape index (κ1) is 23.4. The number of aliphatic imine (C=N–C) groups is 1. The van der Waals surface area contributed by atoms with Gasteiger partial charge in [0.05, 0.1) is 26.2 Å². The summed E-state index contributed by atoms with van der Waals surface area (Å²) in [6.45, 7) is 6.42. The van der Waals surface area contributed by atoms with Crippen molar-refractivity contribution in [3.8, 4) is 0 Å². The van der Waals surface area contributed by atoms with Crippen molar-refractivity contribution in [2.45, 2.75) is 19.8 Å². The molecule has 1 heterocycles. The number of halogens is 1. The van der Waals surface area contributed by atoms with Crippen LogP contribution in [-0.4, -0.2) is 77.6 Å². The van der Waals surface area contributed by atoms with Gasteiger partial charge in [0, 0.05) is 40.4 Å². The highest BCUT2D eigenvalue weighted by molar-refractivity contribution is 14.0. The quantitative estimate of drug-likeness (QED) is 0.185. The Morgan fingerprint density at radius 2 is 1.96 bits per heavy atom. The second-order valence-electron chi connectivity index (χ2n) is 5.80. The van der Waals surface area contributed by atoms with Crippen LogP contribution >= 0.6 is 24.0 Å². The summed E-state index contributed by atoms with van der Waals surface area (Å²) < 4.78 is 15.2. The van der Waals surface area contributed by atoms with Crippen LogP contribution in [0.5, 0.6) is 0 Å². The van der Waals surface area contributed by atoms with Gasteiger partial charge in [-0.2, -0.15) is 0 Å². The average Bonchev–Trinajstić information content (AvgIpc) is 2.94. The van der Waals surface area contributed by atoms with Gasteiger partial charge in [0.15, 0.2) is 5.96 Å². The van der Waals surface area contributed by atoms with Crippen molar-refractivity contribution in [2.24, 2.45) is 16.8 Å². The number of hydrogen-bond acceptors (Lipinski definition) is 5. The molecule has 7 nitrogen and oxygen atoms in total. The van der Waals surface area contributed by atoms with Gasteiger partial charge in [0.2, 0.25) is 0 Å². The average molecular weight is 457 g/mol. The third-order valence-electron chi connectivity index (χ3n) is 4.06. The molecule has 1 aliphatic heterocycles. The maximum absolute atomic E-state index is 11.8. The third-order valence-corrected chi connectivity index (χ3v) is 4.06. The molecule has 0 saturated carbocycles. The molecule has 0 aliphatic carbocycles. The van der Waals surface area contributed by atoms with E-state index in [2.05, 4.69) is 22.1 Å². The molecule has 0 spiro atoms. The van der Waals surface area contributed by atoms with Gasteiger partial charge in [0.25, 0.3) is 0 Å². The minimum absolute atomic E-state index is 0. The van der Waals surface area contributed by atoms with Crippen LogP contribution in [0.1, 0.15) is 19.8 Å². The predicted octanol–water partition coefficient (Wildman–Crippen LogP) is 1.36. The highest BCUT2D eigenvalue weighted by atomic mass is 127. The molecule has 2 atom stereocenters. The van der Waals surface area contributed by atoms with Gasteiger partial charge in [-0.25, -0.2) is 0 Å². The standard InChI is InChI=1S/C16H31N3O4.HI/c1-13-11-19(12-14(13)15(20)22-4)16(17-2)18-7-5-6-8-23-10-9-21-3;/h13-14H,5-12H2,1-4H3,(H,17,18);1H. The predicted molar refractivity (Wildman–Crippen MR) is 105 cm³/mol. The van der Waals surface area contributed by atoms with E-state index in [0.717, 1.165) is 38.5 Å². The smallest absolute Gasteiger partial charge is 0.310 e. The summed E-state index contributed by atoms with van der Waals surface area (Å²) in [4.78, 5) is 18.2. The van der Waals surface area contributed by atoms with Gasteiger partial charge >= 0.3 is 5.97 Å². The van der Waals surface area contributed by atoms with E-state index < -0.39 is 0 Å². The maximum atomic E-state index is 11.8. The van der Waals surface area contributed by atoms with E-state index >= 15 is 0 Å². The highest BCUT2D eigenvalue weighted by Gasteiger charge is 2.36. The molecule has 2 unspecified atom stereocenters. The first-order valence-corrected chi connectivity index (χ1v) is 8.24. The highest BCUT2D eigenvalue weighted by Crippen LogP contribution is 2.23. The van der Waals surface area contributed by atoms with Crippen molar-refractivity contribution in [1.82, 2.24) is 10.2 Å². The van der Waals surface area contributed by atoms with E-state index in [4.69, 9.17) is 14.2 Å². The van der Waals surface area contributed by atoms with Crippen molar-refractivity contribution in [2.75, 3.05) is 60.7 Å². The van der Waals surface area contributed by atoms with E-state index in [1.165, 1.54) is 7.11 Å². The number of hydrogen-bond donors (Lipinski definition) is 1. The molecule has 0 bridgehead atoms. The Bertz CT molecular complexity index is 382. The minimum atomic E-state index is -0.135. The fourth-order valence-corrected chi connectivity index (χ4v) is 2.70. The van der Waals surface area contributed by atoms with E-state index in [0.29, 0.717) is 19.8 Å². The second kappa shape index (κ2) is 13.7. The molecule has 142 valence electrons. The van der Waals surface area contributed by atoms with Crippen LogP contribution in [0.15, 0.2) is 4.99 Å². The van der Waals surface area contributed by atoms with Crippen LogP contribution in [-0.2, 0) is 19.0 Å². The van der Waals surface area contributed by atoms with Crippen molar-refractivity contribution in [1.29, 1.82) is 0 Å². The van der Waals surface area contributed by atoms with Gasteiger partial charge in [-0.05, 0) is 18.8 Å². The zero-order valence-electron chi connectivity index (χ0n) is 15.2. The number of likely N-dealkylation sites (tertiary alicyclic amines) is 1. The Labute approximate surface area is 162 Å². The first-order chi connectivity index (χ1) is 11.1. The van der Waals surface area contributed by atoms with E-state index in [9.17, 15) is 4.79 Å². The number of carbonyl (C=O) groups excluding carboxylic acids is 1. The number of rotatable bonds is 9. The van der Waals surface area contributed by atoms with Crippen molar-refractivity contribution < 1.29 is 19.0 Å². The zero-order chi connectivity index (χ0) is 17.1. The van der Waals surface area contributed by atoms with Gasteiger partial charge in [-0.3, -0.25) is 9.79 Å². The van der Waals surface area contributed by atoms with Crippen LogP contribution in [0, 0.1) is 11.8 Å². The molecule has 1 fully saturated rings. The van der Waals surface area contributed by atoms with Gasteiger partial charge in [0.1, 0.15) is 0 Å².